The Morgan fingerprint density at radius 1 is 1.16 bits per heavy atom. The smallest absolute Gasteiger partial charge is 0.318 e. The van der Waals surface area contributed by atoms with Crippen LogP contribution in [0.1, 0.15) is 31.4 Å². The first-order valence-corrected chi connectivity index (χ1v) is 11.2. The van der Waals surface area contributed by atoms with Crippen molar-refractivity contribution < 1.29 is 18.3 Å². The highest BCUT2D eigenvalue weighted by Crippen LogP contribution is 2.22. The summed E-state index contributed by atoms with van der Waals surface area (Å²) in [5.41, 5.74) is 1.76. The highest BCUT2D eigenvalue weighted by molar-refractivity contribution is 5.74. The average molecular weight is 446 g/mol. The third-order valence-electron chi connectivity index (χ3n) is 5.64. The molecule has 32 heavy (non-hydrogen) atoms. The molecule has 0 bridgehead atoms. The van der Waals surface area contributed by atoms with Gasteiger partial charge in [0.2, 0.25) is 0 Å². The van der Waals surface area contributed by atoms with E-state index in [0.29, 0.717) is 38.6 Å². The molecule has 1 aliphatic rings. The van der Waals surface area contributed by atoms with Crippen LogP contribution in [0.3, 0.4) is 0 Å². The molecule has 5 nitrogen and oxygen atoms in total. The van der Waals surface area contributed by atoms with Crippen molar-refractivity contribution >= 4 is 6.03 Å². The number of ether oxygens (including phenoxy) is 1. The average Bonchev–Trinajstić information content (AvgIpc) is 2.81. The molecule has 0 aromatic heterocycles. The highest BCUT2D eigenvalue weighted by Gasteiger charge is 2.33. The first kappa shape index (κ1) is 24.0. The molecule has 2 N–H and O–H groups in total. The monoisotopic (exact) mass is 445 g/mol. The zero-order chi connectivity index (χ0) is 22.9. The summed E-state index contributed by atoms with van der Waals surface area (Å²) in [6.07, 6.45) is 0.672. The van der Waals surface area contributed by atoms with Gasteiger partial charge in [0, 0.05) is 31.6 Å². The van der Waals surface area contributed by atoms with Gasteiger partial charge >= 0.3 is 6.03 Å². The normalized spacial score (nSPS) is 18.4. The van der Waals surface area contributed by atoms with E-state index in [-0.39, 0.29) is 23.8 Å². The number of hydrogen-bond donors (Lipinski definition) is 2. The molecule has 2 aromatic carbocycles. The fourth-order valence-corrected chi connectivity index (χ4v) is 3.85. The van der Waals surface area contributed by atoms with Crippen LogP contribution in [0, 0.1) is 17.7 Å². The molecule has 1 heterocycles. The minimum absolute atomic E-state index is 0.224. The Balaban J connectivity index is 1.66. The maximum Gasteiger partial charge on any atom is 0.318 e. The number of urea groups is 1. The fraction of sp³-hybridized carbons (Fsp3) is 0.480. The molecule has 174 valence electrons. The summed E-state index contributed by atoms with van der Waals surface area (Å²) in [7, 11) is 0. The SMILES string of the molecule is CC(C)COc1ccc(CNC(=O)N(Cc2ccc(F)cc2)[C@@H]2CCNC[C@@H]2CF)cc1. The lowest BCUT2D eigenvalue weighted by Gasteiger charge is -2.39. The molecule has 0 aliphatic carbocycles. The van der Waals surface area contributed by atoms with Crippen molar-refractivity contribution in [3.05, 3.63) is 65.5 Å². The van der Waals surface area contributed by atoms with E-state index >= 15 is 0 Å². The predicted molar refractivity (Wildman–Crippen MR) is 122 cm³/mol. The first-order valence-electron chi connectivity index (χ1n) is 11.2. The lowest BCUT2D eigenvalue weighted by molar-refractivity contribution is 0.108. The van der Waals surface area contributed by atoms with Gasteiger partial charge in [0.05, 0.1) is 13.3 Å². The van der Waals surface area contributed by atoms with Crippen molar-refractivity contribution in [2.75, 3.05) is 26.4 Å². The predicted octanol–water partition coefficient (Wildman–Crippen LogP) is 4.52. The summed E-state index contributed by atoms with van der Waals surface area (Å²) in [6.45, 7) is 6.26. The molecule has 1 fully saturated rings. The third-order valence-corrected chi connectivity index (χ3v) is 5.64. The Kier molecular flexibility index (Phi) is 8.85. The molecule has 0 saturated carbocycles. The molecule has 3 rings (SSSR count). The van der Waals surface area contributed by atoms with E-state index in [0.717, 1.165) is 23.4 Å². The van der Waals surface area contributed by atoms with Gasteiger partial charge in [-0.05, 0) is 54.3 Å². The molecule has 0 spiro atoms. The standard InChI is InChI=1S/C25H33F2N3O2/c1-18(2)17-32-23-9-5-19(6-10-23)14-29-25(31)30(16-20-3-7-22(27)8-4-20)24-11-12-28-15-21(24)13-26/h3-10,18,21,24,28H,11-17H2,1-2H3,(H,29,31)/t21-,24+/m0/s1. The number of benzene rings is 2. The van der Waals surface area contributed by atoms with Crippen molar-refractivity contribution in [1.29, 1.82) is 0 Å². The van der Waals surface area contributed by atoms with Crippen LogP contribution in [0.15, 0.2) is 48.5 Å². The first-order chi connectivity index (χ1) is 15.5. The second-order valence-electron chi connectivity index (χ2n) is 8.74. The van der Waals surface area contributed by atoms with Gasteiger partial charge in [0.15, 0.2) is 0 Å². The minimum Gasteiger partial charge on any atom is -0.493 e. The van der Waals surface area contributed by atoms with Gasteiger partial charge < -0.3 is 20.3 Å². The van der Waals surface area contributed by atoms with Crippen molar-refractivity contribution in [3.8, 4) is 5.75 Å². The van der Waals surface area contributed by atoms with E-state index in [1.54, 1.807) is 17.0 Å². The number of amides is 2. The van der Waals surface area contributed by atoms with Crippen LogP contribution >= 0.6 is 0 Å². The minimum atomic E-state index is -0.497. The van der Waals surface area contributed by atoms with Crippen LogP contribution in [0.25, 0.3) is 0 Å². The number of alkyl halides is 1. The topological polar surface area (TPSA) is 53.6 Å². The number of rotatable bonds is 9. The number of carbonyl (C=O) groups excluding carboxylic acids is 1. The van der Waals surface area contributed by atoms with Crippen molar-refractivity contribution in [1.82, 2.24) is 15.5 Å². The van der Waals surface area contributed by atoms with Gasteiger partial charge in [-0.15, -0.1) is 0 Å². The Labute approximate surface area is 189 Å². The van der Waals surface area contributed by atoms with E-state index in [9.17, 15) is 13.6 Å². The Bertz CT molecular complexity index is 843. The van der Waals surface area contributed by atoms with E-state index in [1.807, 2.05) is 24.3 Å². The molecule has 1 aliphatic heterocycles. The number of carbonyl (C=O) groups is 1. The van der Waals surface area contributed by atoms with E-state index < -0.39 is 6.67 Å². The van der Waals surface area contributed by atoms with Crippen LogP contribution in [-0.4, -0.2) is 43.3 Å². The van der Waals surface area contributed by atoms with Crippen molar-refractivity contribution in [2.24, 2.45) is 11.8 Å². The zero-order valence-corrected chi connectivity index (χ0v) is 18.8. The van der Waals surface area contributed by atoms with E-state index in [4.69, 9.17) is 4.74 Å². The molecular formula is C25H33F2N3O2. The summed E-state index contributed by atoms with van der Waals surface area (Å²) in [5.74, 6) is 0.651. The van der Waals surface area contributed by atoms with Gasteiger partial charge in [0.25, 0.3) is 0 Å². The van der Waals surface area contributed by atoms with Crippen LogP contribution < -0.4 is 15.4 Å². The summed E-state index contributed by atoms with van der Waals surface area (Å²) < 4.78 is 32.7. The summed E-state index contributed by atoms with van der Waals surface area (Å²) in [4.78, 5) is 14.9. The van der Waals surface area contributed by atoms with Gasteiger partial charge in [-0.25, -0.2) is 9.18 Å². The highest BCUT2D eigenvalue weighted by atomic mass is 19.1. The molecule has 2 atom stereocenters. The molecule has 0 radical (unpaired) electrons. The van der Waals surface area contributed by atoms with Crippen LogP contribution in [0.2, 0.25) is 0 Å². The van der Waals surface area contributed by atoms with Crippen LogP contribution in [-0.2, 0) is 13.1 Å². The number of hydrogen-bond acceptors (Lipinski definition) is 3. The maximum absolute atomic E-state index is 13.7. The van der Waals surface area contributed by atoms with Crippen LogP contribution in [0.4, 0.5) is 13.6 Å². The Hall–Kier alpha value is -2.67. The molecule has 7 heteroatoms. The van der Waals surface area contributed by atoms with Crippen molar-refractivity contribution in [2.45, 2.75) is 39.4 Å². The molecule has 0 unspecified atom stereocenters. The van der Waals surface area contributed by atoms with Gasteiger partial charge in [-0.2, -0.15) is 0 Å². The molecule has 2 amide bonds. The van der Waals surface area contributed by atoms with Gasteiger partial charge in [-0.3, -0.25) is 4.39 Å². The number of nitrogens with zero attached hydrogens (tertiary/aromatic N) is 1. The molecular weight excluding hydrogens is 412 g/mol. The van der Waals surface area contributed by atoms with Crippen molar-refractivity contribution in [3.63, 3.8) is 0 Å². The third kappa shape index (κ3) is 6.92. The largest absolute Gasteiger partial charge is 0.493 e. The fourth-order valence-electron chi connectivity index (χ4n) is 3.85. The molecule has 1 saturated heterocycles. The Morgan fingerprint density at radius 3 is 2.50 bits per heavy atom. The number of nitrogens with one attached hydrogen (secondary N) is 2. The van der Waals surface area contributed by atoms with E-state index in [1.165, 1.54) is 12.1 Å². The summed E-state index contributed by atoms with van der Waals surface area (Å²) in [6, 6.07) is 13.3. The number of piperidine rings is 1. The second kappa shape index (κ2) is 11.8. The lowest BCUT2D eigenvalue weighted by atomic mass is 9.92. The van der Waals surface area contributed by atoms with Crippen LogP contribution in [0.5, 0.6) is 5.75 Å². The van der Waals surface area contributed by atoms with Gasteiger partial charge in [-0.1, -0.05) is 38.1 Å². The summed E-state index contributed by atoms with van der Waals surface area (Å²) >= 11 is 0. The quantitative estimate of drug-likeness (QED) is 0.597. The lowest BCUT2D eigenvalue weighted by Crippen LogP contribution is -2.54. The zero-order valence-electron chi connectivity index (χ0n) is 18.8. The van der Waals surface area contributed by atoms with E-state index in [2.05, 4.69) is 24.5 Å². The maximum atomic E-state index is 13.7. The summed E-state index contributed by atoms with van der Waals surface area (Å²) in [5, 5.41) is 6.17. The number of halogens is 2. The second-order valence-corrected chi connectivity index (χ2v) is 8.74. The van der Waals surface area contributed by atoms with Gasteiger partial charge in [0.1, 0.15) is 11.6 Å². The molecule has 2 aromatic rings. The Morgan fingerprint density at radius 2 is 1.84 bits per heavy atom.